The summed E-state index contributed by atoms with van der Waals surface area (Å²) in [6.07, 6.45) is 3.93. The number of benzene rings is 1. The molecule has 3 unspecified atom stereocenters. The van der Waals surface area contributed by atoms with Crippen LogP contribution in [-0.2, 0) is 6.54 Å². The zero-order valence-electron chi connectivity index (χ0n) is 13.8. The summed E-state index contributed by atoms with van der Waals surface area (Å²) < 4.78 is 11.2. The predicted molar refractivity (Wildman–Crippen MR) is 87.0 cm³/mol. The van der Waals surface area contributed by atoms with E-state index in [0.29, 0.717) is 12.6 Å². The molecular weight excluding hydrogens is 262 g/mol. The molecule has 0 aliphatic heterocycles. The Morgan fingerprint density at radius 2 is 2.05 bits per heavy atom. The highest BCUT2D eigenvalue weighted by Crippen LogP contribution is 2.35. The molecule has 1 aromatic carbocycles. The lowest BCUT2D eigenvalue weighted by molar-refractivity contribution is 0.306. The van der Waals surface area contributed by atoms with Crippen molar-refractivity contribution in [3.63, 3.8) is 0 Å². The van der Waals surface area contributed by atoms with Crippen molar-refractivity contribution in [2.24, 2.45) is 11.8 Å². The highest BCUT2D eigenvalue weighted by Gasteiger charge is 2.31. The van der Waals surface area contributed by atoms with Crippen LogP contribution in [0.3, 0.4) is 0 Å². The average molecular weight is 291 g/mol. The van der Waals surface area contributed by atoms with Gasteiger partial charge < -0.3 is 14.8 Å². The molecule has 3 atom stereocenters. The Morgan fingerprint density at radius 3 is 2.67 bits per heavy atom. The van der Waals surface area contributed by atoms with Crippen LogP contribution in [0.5, 0.6) is 11.5 Å². The number of hydrogen-bond donors (Lipinski definition) is 1. The van der Waals surface area contributed by atoms with E-state index in [2.05, 4.69) is 25.2 Å². The Balaban J connectivity index is 2.01. The molecule has 21 heavy (non-hydrogen) atoms. The molecule has 3 heteroatoms. The van der Waals surface area contributed by atoms with Crippen LogP contribution in [0.25, 0.3) is 0 Å². The zero-order chi connectivity index (χ0) is 15.2. The van der Waals surface area contributed by atoms with Crippen LogP contribution in [-0.4, -0.2) is 19.8 Å². The molecule has 0 aromatic heterocycles. The average Bonchev–Trinajstić information content (AvgIpc) is 2.86. The van der Waals surface area contributed by atoms with E-state index in [1.807, 2.05) is 19.1 Å². The topological polar surface area (TPSA) is 30.5 Å². The smallest absolute Gasteiger partial charge is 0.165 e. The van der Waals surface area contributed by atoms with Gasteiger partial charge in [0.05, 0.1) is 13.7 Å². The van der Waals surface area contributed by atoms with Gasteiger partial charge in [-0.15, -0.1) is 0 Å². The van der Waals surface area contributed by atoms with Crippen LogP contribution in [0.4, 0.5) is 0 Å². The fourth-order valence-electron chi connectivity index (χ4n) is 3.55. The molecule has 1 aliphatic carbocycles. The number of methoxy groups -OCH3 is 1. The summed E-state index contributed by atoms with van der Waals surface area (Å²) in [5.41, 5.74) is 1.18. The first-order valence-electron chi connectivity index (χ1n) is 8.23. The van der Waals surface area contributed by atoms with Crippen molar-refractivity contribution in [3.8, 4) is 11.5 Å². The second-order valence-corrected chi connectivity index (χ2v) is 5.97. The van der Waals surface area contributed by atoms with Crippen molar-refractivity contribution in [2.45, 2.75) is 52.6 Å². The Hall–Kier alpha value is -1.22. The lowest BCUT2D eigenvalue weighted by Crippen LogP contribution is -2.32. The zero-order valence-corrected chi connectivity index (χ0v) is 13.8. The minimum Gasteiger partial charge on any atom is -0.493 e. The van der Waals surface area contributed by atoms with Crippen molar-refractivity contribution in [3.05, 3.63) is 23.8 Å². The number of para-hydroxylation sites is 1. The van der Waals surface area contributed by atoms with Crippen molar-refractivity contribution in [1.29, 1.82) is 0 Å². The normalized spacial score (nSPS) is 25.0. The molecule has 1 fully saturated rings. The molecule has 0 amide bonds. The van der Waals surface area contributed by atoms with Crippen LogP contribution in [0.1, 0.15) is 45.6 Å². The standard InChI is InChI=1S/C18H29NO2/c1-5-14-10-11-16(13(14)3)19-12-15-8-7-9-17(21-6-2)18(15)20-4/h7-9,13-14,16,19H,5-6,10-12H2,1-4H3. The van der Waals surface area contributed by atoms with Gasteiger partial charge in [0.2, 0.25) is 0 Å². The van der Waals surface area contributed by atoms with Gasteiger partial charge in [-0.1, -0.05) is 32.4 Å². The van der Waals surface area contributed by atoms with Crippen molar-refractivity contribution in [1.82, 2.24) is 5.32 Å². The number of hydrogen-bond acceptors (Lipinski definition) is 3. The van der Waals surface area contributed by atoms with Crippen molar-refractivity contribution >= 4 is 0 Å². The van der Waals surface area contributed by atoms with Crippen LogP contribution < -0.4 is 14.8 Å². The van der Waals surface area contributed by atoms with E-state index >= 15 is 0 Å². The van der Waals surface area contributed by atoms with E-state index in [1.54, 1.807) is 7.11 Å². The number of rotatable bonds is 7. The second kappa shape index (κ2) is 7.69. The Morgan fingerprint density at radius 1 is 1.24 bits per heavy atom. The van der Waals surface area contributed by atoms with E-state index in [1.165, 1.54) is 24.8 Å². The Bertz CT molecular complexity index is 447. The van der Waals surface area contributed by atoms with Crippen LogP contribution >= 0.6 is 0 Å². The third-order valence-electron chi connectivity index (χ3n) is 4.87. The molecule has 0 bridgehead atoms. The summed E-state index contributed by atoms with van der Waals surface area (Å²) in [5, 5.41) is 3.72. The molecule has 118 valence electrons. The summed E-state index contributed by atoms with van der Waals surface area (Å²) in [7, 11) is 1.71. The van der Waals surface area contributed by atoms with E-state index < -0.39 is 0 Å². The highest BCUT2D eigenvalue weighted by atomic mass is 16.5. The minimum atomic E-state index is 0.621. The molecule has 1 aliphatic rings. The van der Waals surface area contributed by atoms with Crippen LogP contribution in [0.15, 0.2) is 18.2 Å². The first-order chi connectivity index (χ1) is 10.2. The number of ether oxygens (including phenoxy) is 2. The van der Waals surface area contributed by atoms with Crippen LogP contribution in [0.2, 0.25) is 0 Å². The maximum absolute atomic E-state index is 5.64. The van der Waals surface area contributed by atoms with Gasteiger partial charge in [0.15, 0.2) is 11.5 Å². The Labute approximate surface area is 129 Å². The first-order valence-corrected chi connectivity index (χ1v) is 8.23. The fraction of sp³-hybridized carbons (Fsp3) is 0.667. The molecule has 0 spiro atoms. The molecule has 1 aromatic rings. The molecule has 1 N–H and O–H groups in total. The minimum absolute atomic E-state index is 0.621. The summed E-state index contributed by atoms with van der Waals surface area (Å²) in [6.45, 7) is 8.18. The summed E-state index contributed by atoms with van der Waals surface area (Å²) in [5.74, 6) is 3.34. The van der Waals surface area contributed by atoms with Gasteiger partial charge in [0, 0.05) is 18.2 Å². The van der Waals surface area contributed by atoms with Crippen LogP contribution in [0, 0.1) is 11.8 Å². The Kier molecular flexibility index (Phi) is 5.92. The molecular formula is C18H29NO2. The maximum atomic E-state index is 5.64. The van der Waals surface area contributed by atoms with Gasteiger partial charge in [-0.05, 0) is 37.7 Å². The molecule has 0 saturated heterocycles. The first kappa shape index (κ1) is 16.2. The molecule has 1 saturated carbocycles. The van der Waals surface area contributed by atoms with E-state index in [0.717, 1.165) is 29.9 Å². The van der Waals surface area contributed by atoms with Gasteiger partial charge in [0.1, 0.15) is 0 Å². The molecule has 0 heterocycles. The highest BCUT2D eigenvalue weighted by molar-refractivity contribution is 5.46. The predicted octanol–water partition coefficient (Wildman–Crippen LogP) is 4.01. The third-order valence-corrected chi connectivity index (χ3v) is 4.87. The van der Waals surface area contributed by atoms with E-state index in [4.69, 9.17) is 9.47 Å². The van der Waals surface area contributed by atoms with Gasteiger partial charge >= 0.3 is 0 Å². The van der Waals surface area contributed by atoms with Gasteiger partial charge in [-0.3, -0.25) is 0 Å². The molecule has 2 rings (SSSR count). The SMILES string of the molecule is CCOc1cccc(CNC2CCC(CC)C2C)c1OC. The van der Waals surface area contributed by atoms with Crippen molar-refractivity contribution < 1.29 is 9.47 Å². The molecule has 3 nitrogen and oxygen atoms in total. The maximum Gasteiger partial charge on any atom is 0.165 e. The third kappa shape index (κ3) is 3.70. The monoisotopic (exact) mass is 291 g/mol. The van der Waals surface area contributed by atoms with Gasteiger partial charge in [0.25, 0.3) is 0 Å². The summed E-state index contributed by atoms with van der Waals surface area (Å²) in [4.78, 5) is 0. The fourth-order valence-corrected chi connectivity index (χ4v) is 3.55. The lowest BCUT2D eigenvalue weighted by atomic mass is 9.93. The number of nitrogens with one attached hydrogen (secondary N) is 1. The summed E-state index contributed by atoms with van der Waals surface area (Å²) >= 11 is 0. The van der Waals surface area contributed by atoms with E-state index in [-0.39, 0.29) is 0 Å². The quantitative estimate of drug-likeness (QED) is 0.823. The van der Waals surface area contributed by atoms with Crippen molar-refractivity contribution in [2.75, 3.05) is 13.7 Å². The largest absolute Gasteiger partial charge is 0.493 e. The molecule has 0 radical (unpaired) electrons. The van der Waals surface area contributed by atoms with Gasteiger partial charge in [-0.25, -0.2) is 0 Å². The lowest BCUT2D eigenvalue weighted by Gasteiger charge is -2.22. The summed E-state index contributed by atoms with van der Waals surface area (Å²) in [6, 6.07) is 6.75. The van der Waals surface area contributed by atoms with Gasteiger partial charge in [-0.2, -0.15) is 0 Å². The van der Waals surface area contributed by atoms with E-state index in [9.17, 15) is 0 Å². The second-order valence-electron chi connectivity index (χ2n) is 5.97.